The maximum absolute atomic E-state index is 13.5. The minimum absolute atomic E-state index is 0.0198. The zero-order valence-electron chi connectivity index (χ0n) is 15.2. The van der Waals surface area contributed by atoms with Crippen molar-refractivity contribution in [3.8, 4) is 0 Å². The number of aryl methyl sites for hydroxylation is 1. The number of sulfonamides is 1. The van der Waals surface area contributed by atoms with Crippen LogP contribution in [0, 0.1) is 5.95 Å². The third kappa shape index (κ3) is 3.63. The molecule has 1 saturated heterocycles. The van der Waals surface area contributed by atoms with Gasteiger partial charge in [-0.1, -0.05) is 36.4 Å². The Balaban J connectivity index is 1.65. The molecule has 146 valence electrons. The number of rotatable bonds is 5. The van der Waals surface area contributed by atoms with E-state index in [2.05, 4.69) is 15.3 Å². The second-order valence-corrected chi connectivity index (χ2v) is 8.70. The van der Waals surface area contributed by atoms with Gasteiger partial charge in [0.05, 0.1) is 6.33 Å². The Hall–Kier alpha value is -2.78. The first-order valence-electron chi connectivity index (χ1n) is 8.85. The lowest BCUT2D eigenvalue weighted by molar-refractivity contribution is 0.468. The Morgan fingerprint density at radius 2 is 1.89 bits per heavy atom. The van der Waals surface area contributed by atoms with Gasteiger partial charge in [0.2, 0.25) is 5.95 Å². The molecule has 0 spiro atoms. The lowest BCUT2D eigenvalue weighted by Gasteiger charge is -2.20. The molecule has 0 saturated carbocycles. The predicted octanol–water partition coefficient (Wildman–Crippen LogP) is 2.22. The molecule has 2 aromatic heterocycles. The molecule has 1 aromatic carbocycles. The number of anilines is 1. The molecule has 3 aromatic rings. The van der Waals surface area contributed by atoms with Gasteiger partial charge in [0.1, 0.15) is 5.82 Å². The number of hydrogen-bond acceptors (Lipinski definition) is 5. The molecule has 0 amide bonds. The fourth-order valence-electron chi connectivity index (χ4n) is 3.48. The van der Waals surface area contributed by atoms with Crippen molar-refractivity contribution in [2.45, 2.75) is 17.0 Å². The molecule has 1 N–H and O–H groups in total. The van der Waals surface area contributed by atoms with Gasteiger partial charge < -0.3 is 9.88 Å². The van der Waals surface area contributed by atoms with Gasteiger partial charge >= 0.3 is 0 Å². The van der Waals surface area contributed by atoms with Gasteiger partial charge in [-0.05, 0) is 17.7 Å². The quantitative estimate of drug-likeness (QED) is 0.663. The second-order valence-electron chi connectivity index (χ2n) is 6.81. The van der Waals surface area contributed by atoms with E-state index in [0.717, 1.165) is 5.56 Å². The van der Waals surface area contributed by atoms with E-state index in [-0.39, 0.29) is 23.5 Å². The Labute approximate surface area is 162 Å². The van der Waals surface area contributed by atoms with Crippen LogP contribution in [0.5, 0.6) is 0 Å². The van der Waals surface area contributed by atoms with E-state index in [1.165, 1.54) is 22.9 Å². The maximum atomic E-state index is 13.5. The van der Waals surface area contributed by atoms with Crippen LogP contribution in [0.1, 0.15) is 11.5 Å². The van der Waals surface area contributed by atoms with Crippen molar-refractivity contribution in [2.75, 3.05) is 18.4 Å². The van der Waals surface area contributed by atoms with Crippen LogP contribution in [0.25, 0.3) is 0 Å². The Morgan fingerprint density at radius 3 is 2.57 bits per heavy atom. The summed E-state index contributed by atoms with van der Waals surface area (Å²) in [6.07, 6.45) is 2.95. The number of nitrogens with one attached hydrogen (secondary N) is 1. The van der Waals surface area contributed by atoms with E-state index < -0.39 is 16.0 Å². The summed E-state index contributed by atoms with van der Waals surface area (Å²) < 4.78 is 42.6. The van der Waals surface area contributed by atoms with Crippen LogP contribution in [0.2, 0.25) is 0 Å². The van der Waals surface area contributed by atoms with Crippen LogP contribution < -0.4 is 5.32 Å². The van der Waals surface area contributed by atoms with Crippen LogP contribution in [0.15, 0.2) is 66.1 Å². The van der Waals surface area contributed by atoms with Crippen LogP contribution in [-0.4, -0.2) is 46.4 Å². The summed E-state index contributed by atoms with van der Waals surface area (Å²) in [4.78, 5) is 7.85. The van der Waals surface area contributed by atoms with Gasteiger partial charge in [-0.15, -0.1) is 0 Å². The monoisotopic (exact) mass is 401 g/mol. The third-order valence-electron chi connectivity index (χ3n) is 4.85. The van der Waals surface area contributed by atoms with E-state index in [1.807, 2.05) is 30.3 Å². The third-order valence-corrected chi connectivity index (χ3v) is 6.57. The molecule has 1 fully saturated rings. The number of aromatic nitrogens is 3. The zero-order chi connectivity index (χ0) is 19.7. The highest BCUT2D eigenvalue weighted by Crippen LogP contribution is 2.32. The molecular weight excluding hydrogens is 381 g/mol. The Kier molecular flexibility index (Phi) is 4.86. The van der Waals surface area contributed by atoms with Gasteiger partial charge in [-0.2, -0.15) is 8.70 Å². The number of nitrogens with zero attached hydrogens (tertiary/aromatic N) is 4. The summed E-state index contributed by atoms with van der Waals surface area (Å²) in [7, 11) is -2.00. The molecule has 2 atom stereocenters. The van der Waals surface area contributed by atoms with Crippen LogP contribution in [-0.2, 0) is 17.1 Å². The van der Waals surface area contributed by atoms with Gasteiger partial charge in [0.15, 0.2) is 5.03 Å². The molecule has 3 heterocycles. The molecule has 0 aliphatic carbocycles. The van der Waals surface area contributed by atoms with Gasteiger partial charge in [0.25, 0.3) is 10.0 Å². The van der Waals surface area contributed by atoms with Crippen molar-refractivity contribution in [2.24, 2.45) is 7.05 Å². The van der Waals surface area contributed by atoms with Gasteiger partial charge in [-0.3, -0.25) is 0 Å². The number of halogens is 1. The first kappa shape index (κ1) is 18.6. The highest BCUT2D eigenvalue weighted by atomic mass is 32.2. The van der Waals surface area contributed by atoms with Crippen molar-refractivity contribution >= 4 is 15.8 Å². The average Bonchev–Trinajstić information content (AvgIpc) is 3.30. The van der Waals surface area contributed by atoms with Gasteiger partial charge in [0, 0.05) is 38.3 Å². The molecule has 0 bridgehead atoms. The summed E-state index contributed by atoms with van der Waals surface area (Å²) in [6, 6.07) is 13.9. The molecule has 0 unspecified atom stereocenters. The molecular formula is C19H20FN5O2S. The largest absolute Gasteiger partial charge is 0.365 e. The standard InChI is InChI=1S/C19H20FN5O2S/c1-24-12-19(21-13-24)28(26,27)25-10-15(14-6-3-2-4-7-14)16(11-25)22-18-9-5-8-17(20)23-18/h2-9,12-13,15-16H,10-11H2,1H3,(H,22,23)/t15-,16+/m0/s1. The van der Waals surface area contributed by atoms with Crippen molar-refractivity contribution in [1.82, 2.24) is 18.8 Å². The molecule has 0 radical (unpaired) electrons. The van der Waals surface area contributed by atoms with Gasteiger partial charge in [-0.25, -0.2) is 18.4 Å². The second kappa shape index (κ2) is 7.33. The minimum atomic E-state index is -3.73. The van der Waals surface area contributed by atoms with E-state index in [0.29, 0.717) is 12.4 Å². The van der Waals surface area contributed by atoms with Crippen LogP contribution in [0.4, 0.5) is 10.2 Å². The minimum Gasteiger partial charge on any atom is -0.365 e. The molecule has 4 rings (SSSR count). The zero-order valence-corrected chi connectivity index (χ0v) is 16.1. The fourth-order valence-corrected chi connectivity index (χ4v) is 4.94. The number of benzene rings is 1. The molecule has 9 heteroatoms. The van der Waals surface area contributed by atoms with Crippen LogP contribution in [0.3, 0.4) is 0 Å². The van der Waals surface area contributed by atoms with Crippen LogP contribution >= 0.6 is 0 Å². The summed E-state index contributed by atoms with van der Waals surface area (Å²) in [5, 5.41) is 3.23. The average molecular weight is 401 g/mol. The van der Waals surface area contributed by atoms with E-state index in [9.17, 15) is 12.8 Å². The SMILES string of the molecule is Cn1cnc(S(=O)(=O)N2C[C@@H](Nc3cccc(F)n3)[C@H](c3ccccc3)C2)c1. The van der Waals surface area contributed by atoms with Crippen molar-refractivity contribution in [3.63, 3.8) is 0 Å². The predicted molar refractivity (Wildman–Crippen MR) is 103 cm³/mol. The molecule has 1 aliphatic rings. The highest BCUT2D eigenvalue weighted by molar-refractivity contribution is 7.89. The van der Waals surface area contributed by atoms with E-state index in [1.54, 1.807) is 23.7 Å². The number of imidazole rings is 1. The topological polar surface area (TPSA) is 80.1 Å². The normalized spacial score (nSPS) is 20.4. The van der Waals surface area contributed by atoms with E-state index in [4.69, 9.17) is 0 Å². The molecule has 28 heavy (non-hydrogen) atoms. The first-order chi connectivity index (χ1) is 13.4. The fraction of sp³-hybridized carbons (Fsp3) is 0.263. The summed E-state index contributed by atoms with van der Waals surface area (Å²) >= 11 is 0. The summed E-state index contributed by atoms with van der Waals surface area (Å²) in [5.74, 6) is -0.315. The number of hydrogen-bond donors (Lipinski definition) is 1. The molecule has 1 aliphatic heterocycles. The lowest BCUT2D eigenvalue weighted by Crippen LogP contribution is -2.32. The maximum Gasteiger partial charge on any atom is 0.262 e. The molecule has 7 nitrogen and oxygen atoms in total. The highest BCUT2D eigenvalue weighted by Gasteiger charge is 2.41. The Bertz CT molecular complexity index is 1070. The van der Waals surface area contributed by atoms with E-state index >= 15 is 0 Å². The number of pyridine rings is 1. The summed E-state index contributed by atoms with van der Waals surface area (Å²) in [5.41, 5.74) is 1.01. The smallest absolute Gasteiger partial charge is 0.262 e. The first-order valence-corrected chi connectivity index (χ1v) is 10.3. The lowest BCUT2D eigenvalue weighted by atomic mass is 9.94. The van der Waals surface area contributed by atoms with Crippen molar-refractivity contribution in [1.29, 1.82) is 0 Å². The van der Waals surface area contributed by atoms with Crippen molar-refractivity contribution < 1.29 is 12.8 Å². The summed E-state index contributed by atoms with van der Waals surface area (Å²) in [6.45, 7) is 0.534. The van der Waals surface area contributed by atoms with Crippen molar-refractivity contribution in [3.05, 3.63) is 72.6 Å². The Morgan fingerprint density at radius 1 is 1.11 bits per heavy atom.